The van der Waals surface area contributed by atoms with E-state index in [0.717, 1.165) is 10.2 Å². The summed E-state index contributed by atoms with van der Waals surface area (Å²) in [5, 5.41) is 6.00. The minimum atomic E-state index is -0.426. The third-order valence-corrected chi connectivity index (χ3v) is 5.38. The van der Waals surface area contributed by atoms with Gasteiger partial charge in [0.15, 0.2) is 5.13 Å². The zero-order chi connectivity index (χ0) is 19.7. The number of anilines is 2. The molecule has 1 aromatic carbocycles. The van der Waals surface area contributed by atoms with E-state index < -0.39 is 5.92 Å². The van der Waals surface area contributed by atoms with Gasteiger partial charge in [-0.15, -0.1) is 0 Å². The van der Waals surface area contributed by atoms with Gasteiger partial charge < -0.3 is 20.0 Å². The van der Waals surface area contributed by atoms with Crippen molar-refractivity contribution in [2.75, 3.05) is 17.2 Å². The van der Waals surface area contributed by atoms with Crippen molar-refractivity contribution in [3.63, 3.8) is 0 Å². The first kappa shape index (κ1) is 18.2. The monoisotopic (exact) mass is 398 g/mol. The number of nitrogens with zero attached hydrogens (tertiary/aromatic N) is 2. The number of likely N-dealkylation sites (tertiary alicyclic amines) is 1. The van der Waals surface area contributed by atoms with Crippen LogP contribution in [0, 0.1) is 5.92 Å². The summed E-state index contributed by atoms with van der Waals surface area (Å²) >= 11 is 1.32. The van der Waals surface area contributed by atoms with Crippen LogP contribution in [0.2, 0.25) is 0 Å². The van der Waals surface area contributed by atoms with Crippen LogP contribution in [0.5, 0.6) is 0 Å². The number of hydrogen-bond donors (Lipinski definition) is 2. The first-order valence-corrected chi connectivity index (χ1v) is 9.59. The van der Waals surface area contributed by atoms with Crippen molar-refractivity contribution in [3.05, 3.63) is 42.4 Å². The highest BCUT2D eigenvalue weighted by atomic mass is 32.1. The van der Waals surface area contributed by atoms with Crippen molar-refractivity contribution in [1.29, 1.82) is 0 Å². The number of carbonyl (C=O) groups is 3. The van der Waals surface area contributed by atoms with Gasteiger partial charge in [-0.25, -0.2) is 4.98 Å². The van der Waals surface area contributed by atoms with Gasteiger partial charge in [-0.2, -0.15) is 0 Å². The molecule has 3 aromatic rings. The zero-order valence-electron chi connectivity index (χ0n) is 15.1. The molecule has 0 bridgehead atoms. The third-order valence-electron chi connectivity index (χ3n) is 4.45. The van der Waals surface area contributed by atoms with Crippen LogP contribution in [-0.4, -0.2) is 34.2 Å². The van der Waals surface area contributed by atoms with Crippen LogP contribution in [0.1, 0.15) is 19.1 Å². The van der Waals surface area contributed by atoms with E-state index >= 15 is 0 Å². The highest BCUT2D eigenvalue weighted by molar-refractivity contribution is 7.22. The average molecular weight is 398 g/mol. The first-order chi connectivity index (χ1) is 13.5. The quantitative estimate of drug-likeness (QED) is 0.688. The Morgan fingerprint density at radius 3 is 2.93 bits per heavy atom. The minimum Gasteiger partial charge on any atom is -0.467 e. The third kappa shape index (κ3) is 3.89. The summed E-state index contributed by atoms with van der Waals surface area (Å²) in [6.45, 7) is 2.16. The Balaban J connectivity index is 1.42. The van der Waals surface area contributed by atoms with Crippen LogP contribution in [0.25, 0.3) is 10.2 Å². The molecule has 8 nitrogen and oxygen atoms in total. The van der Waals surface area contributed by atoms with Crippen LogP contribution in [0.4, 0.5) is 10.8 Å². The molecule has 2 aromatic heterocycles. The van der Waals surface area contributed by atoms with Crippen molar-refractivity contribution in [1.82, 2.24) is 9.88 Å². The van der Waals surface area contributed by atoms with E-state index in [9.17, 15) is 14.4 Å². The van der Waals surface area contributed by atoms with E-state index in [2.05, 4.69) is 15.6 Å². The summed E-state index contributed by atoms with van der Waals surface area (Å²) < 4.78 is 6.12. The van der Waals surface area contributed by atoms with Gasteiger partial charge in [-0.05, 0) is 30.3 Å². The molecule has 1 fully saturated rings. The normalized spacial score (nSPS) is 16.5. The van der Waals surface area contributed by atoms with Gasteiger partial charge in [-0.1, -0.05) is 11.3 Å². The lowest BCUT2D eigenvalue weighted by Crippen LogP contribution is -2.27. The van der Waals surface area contributed by atoms with Gasteiger partial charge in [0, 0.05) is 25.6 Å². The van der Waals surface area contributed by atoms with E-state index in [0.29, 0.717) is 29.7 Å². The molecule has 1 unspecified atom stereocenters. The molecule has 3 heterocycles. The number of thiazole rings is 1. The molecule has 144 valence electrons. The van der Waals surface area contributed by atoms with Gasteiger partial charge in [0.2, 0.25) is 17.7 Å². The van der Waals surface area contributed by atoms with Crippen LogP contribution in [0.3, 0.4) is 0 Å². The van der Waals surface area contributed by atoms with E-state index in [4.69, 9.17) is 4.42 Å². The molecule has 9 heteroatoms. The average Bonchev–Trinajstić information content (AvgIpc) is 3.35. The molecule has 1 aliphatic rings. The fourth-order valence-corrected chi connectivity index (χ4v) is 4.07. The second-order valence-corrected chi connectivity index (χ2v) is 7.66. The standard InChI is InChI=1S/C19H18N4O4S/c1-11(24)20-13-4-5-15-16(8-13)28-19(21-15)22-18(26)12-7-17(25)23(9-12)10-14-3-2-6-27-14/h2-6,8,12H,7,9-10H2,1H3,(H,20,24)(H,21,22,26). The summed E-state index contributed by atoms with van der Waals surface area (Å²) in [6, 6.07) is 8.93. The van der Waals surface area contributed by atoms with E-state index in [-0.39, 0.29) is 24.1 Å². The molecule has 1 atom stereocenters. The number of benzene rings is 1. The van der Waals surface area contributed by atoms with Crippen molar-refractivity contribution in [3.8, 4) is 0 Å². The summed E-state index contributed by atoms with van der Waals surface area (Å²) in [5.41, 5.74) is 1.41. The van der Waals surface area contributed by atoms with E-state index in [1.165, 1.54) is 18.3 Å². The fourth-order valence-electron chi connectivity index (χ4n) is 3.16. The van der Waals surface area contributed by atoms with Crippen molar-refractivity contribution >= 4 is 50.1 Å². The molecule has 28 heavy (non-hydrogen) atoms. The largest absolute Gasteiger partial charge is 0.467 e. The molecule has 0 radical (unpaired) electrons. The summed E-state index contributed by atoms with van der Waals surface area (Å²) in [6.07, 6.45) is 1.73. The zero-order valence-corrected chi connectivity index (χ0v) is 15.9. The lowest BCUT2D eigenvalue weighted by molar-refractivity contribution is -0.128. The van der Waals surface area contributed by atoms with Crippen LogP contribution in [0.15, 0.2) is 41.0 Å². The lowest BCUT2D eigenvalue weighted by Gasteiger charge is -2.14. The second kappa shape index (κ2) is 7.43. The Hall–Kier alpha value is -3.20. The molecule has 0 saturated carbocycles. The molecular weight excluding hydrogens is 380 g/mol. The van der Waals surface area contributed by atoms with Crippen LogP contribution >= 0.6 is 11.3 Å². The molecule has 1 saturated heterocycles. The number of aromatic nitrogens is 1. The molecule has 0 aliphatic carbocycles. The number of furan rings is 1. The Morgan fingerprint density at radius 1 is 1.32 bits per heavy atom. The predicted molar refractivity (Wildman–Crippen MR) is 105 cm³/mol. The van der Waals surface area contributed by atoms with Gasteiger partial charge in [0.1, 0.15) is 5.76 Å². The summed E-state index contributed by atoms with van der Waals surface area (Å²) in [4.78, 5) is 42.0. The minimum absolute atomic E-state index is 0.0687. The highest BCUT2D eigenvalue weighted by Gasteiger charge is 2.35. The van der Waals surface area contributed by atoms with E-state index in [1.54, 1.807) is 35.4 Å². The molecule has 0 spiro atoms. The molecule has 1 aliphatic heterocycles. The van der Waals surface area contributed by atoms with Gasteiger partial charge in [0.25, 0.3) is 0 Å². The Bertz CT molecular complexity index is 1040. The van der Waals surface area contributed by atoms with Crippen molar-refractivity contribution in [2.24, 2.45) is 5.92 Å². The second-order valence-electron chi connectivity index (χ2n) is 6.63. The maximum Gasteiger partial charge on any atom is 0.231 e. The Labute approximate surface area is 164 Å². The number of hydrogen-bond acceptors (Lipinski definition) is 6. The number of nitrogens with one attached hydrogen (secondary N) is 2. The maximum absolute atomic E-state index is 12.6. The number of carbonyl (C=O) groups excluding carboxylic acids is 3. The Kier molecular flexibility index (Phi) is 4.82. The Morgan fingerprint density at radius 2 is 2.18 bits per heavy atom. The van der Waals surface area contributed by atoms with E-state index in [1.807, 2.05) is 6.07 Å². The first-order valence-electron chi connectivity index (χ1n) is 8.77. The van der Waals surface area contributed by atoms with Crippen molar-refractivity contribution < 1.29 is 18.8 Å². The number of amides is 3. The summed E-state index contributed by atoms with van der Waals surface area (Å²) in [7, 11) is 0. The smallest absolute Gasteiger partial charge is 0.231 e. The van der Waals surface area contributed by atoms with Gasteiger partial charge in [-0.3, -0.25) is 14.4 Å². The topological polar surface area (TPSA) is 105 Å². The molecule has 2 N–H and O–H groups in total. The summed E-state index contributed by atoms with van der Waals surface area (Å²) in [5.74, 6) is -0.181. The fraction of sp³-hybridized carbons (Fsp3) is 0.263. The van der Waals surface area contributed by atoms with Crippen LogP contribution in [-0.2, 0) is 20.9 Å². The number of fused-ring (bicyclic) bond motifs is 1. The van der Waals surface area contributed by atoms with Gasteiger partial charge >= 0.3 is 0 Å². The molecule has 3 amide bonds. The maximum atomic E-state index is 12.6. The number of rotatable bonds is 5. The predicted octanol–water partition coefficient (Wildman–Crippen LogP) is 2.83. The van der Waals surface area contributed by atoms with Crippen LogP contribution < -0.4 is 10.6 Å². The lowest BCUT2D eigenvalue weighted by atomic mass is 10.1. The van der Waals surface area contributed by atoms with Crippen molar-refractivity contribution in [2.45, 2.75) is 19.9 Å². The van der Waals surface area contributed by atoms with Gasteiger partial charge in [0.05, 0.1) is 28.9 Å². The molecule has 4 rings (SSSR count). The molecular formula is C19H18N4O4S. The SMILES string of the molecule is CC(=O)Nc1ccc2nc(NC(=O)C3CC(=O)N(Cc4ccco4)C3)sc2c1. The highest BCUT2D eigenvalue weighted by Crippen LogP contribution is 2.29.